The zero-order valence-corrected chi connectivity index (χ0v) is 18.9. The van der Waals surface area contributed by atoms with Crippen molar-refractivity contribution >= 4 is 6.09 Å². The Kier molecular flexibility index (Phi) is 8.47. The van der Waals surface area contributed by atoms with E-state index in [0.717, 1.165) is 0 Å². The summed E-state index contributed by atoms with van der Waals surface area (Å²) in [4.78, 5) is 19.3. The predicted octanol–water partition coefficient (Wildman–Crippen LogP) is 5.27. The van der Waals surface area contributed by atoms with Crippen LogP contribution in [0, 0.1) is 17.2 Å². The highest BCUT2D eigenvalue weighted by molar-refractivity contribution is 5.68. The average molecular weight is 446 g/mol. The Balaban J connectivity index is 1.98. The van der Waals surface area contributed by atoms with Crippen molar-refractivity contribution in [1.29, 1.82) is 5.26 Å². The van der Waals surface area contributed by atoms with Crippen LogP contribution < -0.4 is 10.1 Å². The molecule has 0 aliphatic carbocycles. The molecule has 0 bridgehead atoms. The predicted molar refractivity (Wildman–Crippen MR) is 115 cm³/mol. The second-order valence-corrected chi connectivity index (χ2v) is 8.62. The SMILES string of the molecule is CC(COc1ccc(-c2ccnc(C(F)F)n2)cc1C#N)CC(C)NC(=O)OC(C)(C)C. The monoisotopic (exact) mass is 446 g/mol. The fourth-order valence-corrected chi connectivity index (χ4v) is 3.01. The number of hydrogen-bond donors (Lipinski definition) is 1. The Morgan fingerprint density at radius 1 is 1.25 bits per heavy atom. The molecule has 2 rings (SSSR count). The van der Waals surface area contributed by atoms with E-state index in [0.29, 0.717) is 30.0 Å². The summed E-state index contributed by atoms with van der Waals surface area (Å²) >= 11 is 0. The van der Waals surface area contributed by atoms with Crippen LogP contribution in [0.3, 0.4) is 0 Å². The maximum absolute atomic E-state index is 12.9. The van der Waals surface area contributed by atoms with Crippen LogP contribution in [0.4, 0.5) is 13.6 Å². The summed E-state index contributed by atoms with van der Waals surface area (Å²) in [6, 6.07) is 8.27. The van der Waals surface area contributed by atoms with Gasteiger partial charge in [-0.1, -0.05) is 6.92 Å². The first-order chi connectivity index (χ1) is 15.0. The fraction of sp³-hybridized carbons (Fsp3) is 0.478. The largest absolute Gasteiger partial charge is 0.492 e. The second kappa shape index (κ2) is 10.8. The van der Waals surface area contributed by atoms with Gasteiger partial charge >= 0.3 is 6.09 Å². The van der Waals surface area contributed by atoms with E-state index >= 15 is 0 Å². The molecule has 0 saturated heterocycles. The van der Waals surface area contributed by atoms with Crippen LogP contribution in [-0.4, -0.2) is 34.3 Å². The van der Waals surface area contributed by atoms with Crippen molar-refractivity contribution in [1.82, 2.24) is 15.3 Å². The summed E-state index contributed by atoms with van der Waals surface area (Å²) in [5, 5.41) is 12.3. The van der Waals surface area contributed by atoms with Crippen molar-refractivity contribution in [2.45, 2.75) is 59.1 Å². The minimum atomic E-state index is -2.78. The quantitative estimate of drug-likeness (QED) is 0.593. The first kappa shape index (κ1) is 25.0. The van der Waals surface area contributed by atoms with E-state index in [2.05, 4.69) is 21.4 Å². The van der Waals surface area contributed by atoms with Gasteiger partial charge in [0, 0.05) is 17.8 Å². The zero-order valence-electron chi connectivity index (χ0n) is 18.9. The van der Waals surface area contributed by atoms with Crippen molar-refractivity contribution in [3.05, 3.63) is 41.9 Å². The van der Waals surface area contributed by atoms with Gasteiger partial charge in [-0.25, -0.2) is 23.5 Å². The van der Waals surface area contributed by atoms with Gasteiger partial charge in [0.05, 0.1) is 17.9 Å². The molecule has 2 atom stereocenters. The van der Waals surface area contributed by atoms with E-state index in [1.165, 1.54) is 12.3 Å². The summed E-state index contributed by atoms with van der Waals surface area (Å²) < 4.78 is 36.8. The Morgan fingerprint density at radius 3 is 2.59 bits per heavy atom. The number of nitrogens with zero attached hydrogens (tertiary/aromatic N) is 3. The molecule has 0 fully saturated rings. The van der Waals surface area contributed by atoms with Crippen LogP contribution in [0.15, 0.2) is 30.5 Å². The van der Waals surface area contributed by atoms with Crippen molar-refractivity contribution in [3.8, 4) is 23.1 Å². The van der Waals surface area contributed by atoms with Crippen molar-refractivity contribution in [3.63, 3.8) is 0 Å². The highest BCUT2D eigenvalue weighted by Gasteiger charge is 2.19. The number of carbonyl (C=O) groups is 1. The van der Waals surface area contributed by atoms with Crippen LogP contribution in [0.1, 0.15) is 58.9 Å². The Hall–Kier alpha value is -3.28. The number of alkyl halides is 2. The number of halogens is 2. The molecular formula is C23H28F2N4O3. The van der Waals surface area contributed by atoms with Crippen molar-refractivity contribution in [2.75, 3.05) is 6.61 Å². The van der Waals surface area contributed by atoms with E-state index in [1.54, 1.807) is 39.0 Å². The molecule has 1 amide bonds. The van der Waals surface area contributed by atoms with Crippen molar-refractivity contribution < 1.29 is 23.0 Å². The molecule has 1 N–H and O–H groups in total. The topological polar surface area (TPSA) is 97.1 Å². The average Bonchev–Trinajstić information content (AvgIpc) is 2.70. The lowest BCUT2D eigenvalue weighted by Crippen LogP contribution is -2.38. The number of rotatable bonds is 8. The third-order valence-corrected chi connectivity index (χ3v) is 4.31. The van der Waals surface area contributed by atoms with Gasteiger partial charge in [0.1, 0.15) is 17.4 Å². The number of ether oxygens (including phenoxy) is 2. The number of alkyl carbamates (subject to hydrolysis) is 1. The number of nitrogens with one attached hydrogen (secondary N) is 1. The van der Waals surface area contributed by atoms with Gasteiger partial charge in [-0.2, -0.15) is 5.26 Å². The lowest BCUT2D eigenvalue weighted by Gasteiger charge is -2.23. The standard InChI is InChI=1S/C23H28F2N4O3/c1-14(10-15(2)28-22(30)32-23(3,4)5)13-31-19-7-6-16(11-17(19)12-26)18-8-9-27-21(29-18)20(24)25/h6-9,11,14-15,20H,10,13H2,1-5H3,(H,28,30). The minimum Gasteiger partial charge on any atom is -0.492 e. The van der Waals surface area contributed by atoms with E-state index in [9.17, 15) is 18.8 Å². The lowest BCUT2D eigenvalue weighted by molar-refractivity contribution is 0.0500. The maximum atomic E-state index is 12.9. The molecule has 2 unspecified atom stereocenters. The van der Waals surface area contributed by atoms with Gasteiger partial charge in [0.15, 0.2) is 5.82 Å². The first-order valence-corrected chi connectivity index (χ1v) is 10.3. The molecule has 2 aromatic rings. The lowest BCUT2D eigenvalue weighted by atomic mass is 10.0. The summed E-state index contributed by atoms with van der Waals surface area (Å²) in [5.41, 5.74) is 0.521. The molecule has 1 aromatic carbocycles. The van der Waals surface area contributed by atoms with Crippen LogP contribution in [-0.2, 0) is 4.74 Å². The summed E-state index contributed by atoms with van der Waals surface area (Å²) in [5.74, 6) is -0.0927. The number of aromatic nitrogens is 2. The van der Waals surface area contributed by atoms with Gasteiger partial charge in [0.2, 0.25) is 0 Å². The highest BCUT2D eigenvalue weighted by atomic mass is 19.3. The molecule has 9 heteroatoms. The Bertz CT molecular complexity index is 970. The van der Waals surface area contributed by atoms with Gasteiger partial charge in [-0.3, -0.25) is 0 Å². The smallest absolute Gasteiger partial charge is 0.407 e. The van der Waals surface area contributed by atoms with E-state index in [1.807, 2.05) is 13.8 Å². The molecule has 0 aliphatic heterocycles. The van der Waals surface area contributed by atoms with E-state index in [4.69, 9.17) is 9.47 Å². The van der Waals surface area contributed by atoms with Crippen LogP contribution in [0.2, 0.25) is 0 Å². The van der Waals surface area contributed by atoms with Gasteiger partial charge in [-0.05, 0) is 64.3 Å². The Morgan fingerprint density at radius 2 is 1.97 bits per heavy atom. The summed E-state index contributed by atoms with van der Waals surface area (Å²) in [6.45, 7) is 9.58. The fourth-order valence-electron chi connectivity index (χ4n) is 3.01. The first-order valence-electron chi connectivity index (χ1n) is 10.3. The Labute approximate surface area is 186 Å². The number of benzene rings is 1. The third-order valence-electron chi connectivity index (χ3n) is 4.31. The summed E-state index contributed by atoms with van der Waals surface area (Å²) in [7, 11) is 0. The molecule has 0 spiro atoms. The molecule has 32 heavy (non-hydrogen) atoms. The van der Waals surface area contributed by atoms with E-state index in [-0.39, 0.29) is 17.5 Å². The highest BCUT2D eigenvalue weighted by Crippen LogP contribution is 2.27. The van der Waals surface area contributed by atoms with Crippen LogP contribution in [0.25, 0.3) is 11.3 Å². The third kappa shape index (κ3) is 7.76. The molecule has 0 radical (unpaired) electrons. The molecular weight excluding hydrogens is 418 g/mol. The molecule has 172 valence electrons. The van der Waals surface area contributed by atoms with Crippen LogP contribution in [0.5, 0.6) is 5.75 Å². The zero-order chi connectivity index (χ0) is 23.9. The van der Waals surface area contributed by atoms with Gasteiger partial charge in [0.25, 0.3) is 6.43 Å². The van der Waals surface area contributed by atoms with E-state index < -0.39 is 23.9 Å². The molecule has 0 aliphatic rings. The normalized spacial score (nSPS) is 13.2. The molecule has 1 heterocycles. The maximum Gasteiger partial charge on any atom is 0.407 e. The van der Waals surface area contributed by atoms with Gasteiger partial charge in [-0.15, -0.1) is 0 Å². The number of hydrogen-bond acceptors (Lipinski definition) is 6. The summed E-state index contributed by atoms with van der Waals surface area (Å²) in [6.07, 6.45) is -1.34. The van der Waals surface area contributed by atoms with Crippen LogP contribution >= 0.6 is 0 Å². The second-order valence-electron chi connectivity index (χ2n) is 8.62. The molecule has 7 nitrogen and oxygen atoms in total. The number of amides is 1. The number of nitriles is 1. The minimum absolute atomic E-state index is 0.0848. The molecule has 0 saturated carbocycles. The molecule has 1 aromatic heterocycles. The van der Waals surface area contributed by atoms with Crippen molar-refractivity contribution in [2.24, 2.45) is 5.92 Å². The van der Waals surface area contributed by atoms with Gasteiger partial charge < -0.3 is 14.8 Å². The number of carbonyl (C=O) groups excluding carboxylic acids is 1.